The molecular formula is C12H9ClN4O. The van der Waals surface area contributed by atoms with E-state index in [1.807, 2.05) is 19.1 Å². The molecule has 2 aromatic heterocycles. The molecule has 0 bridgehead atoms. The first-order valence-corrected chi connectivity index (χ1v) is 5.73. The van der Waals surface area contributed by atoms with E-state index in [0.717, 1.165) is 5.69 Å². The zero-order chi connectivity index (χ0) is 12.7. The molecule has 0 spiro atoms. The minimum Gasteiger partial charge on any atom is -0.311 e. The molecule has 3 aromatic rings. The van der Waals surface area contributed by atoms with E-state index in [2.05, 4.69) is 15.0 Å². The monoisotopic (exact) mass is 260 g/mol. The normalized spacial score (nSPS) is 11.0. The van der Waals surface area contributed by atoms with Gasteiger partial charge < -0.3 is 4.98 Å². The predicted molar refractivity (Wildman–Crippen MR) is 69.2 cm³/mol. The smallest absolute Gasteiger partial charge is 0.277 e. The van der Waals surface area contributed by atoms with Gasteiger partial charge in [-0.25, -0.2) is 9.97 Å². The summed E-state index contributed by atoms with van der Waals surface area (Å²) < 4.78 is 1.76. The Morgan fingerprint density at radius 2 is 2.00 bits per heavy atom. The van der Waals surface area contributed by atoms with Crippen molar-refractivity contribution in [3.63, 3.8) is 0 Å². The Morgan fingerprint density at radius 3 is 2.72 bits per heavy atom. The third-order valence-corrected chi connectivity index (χ3v) is 2.96. The average Bonchev–Trinajstić information content (AvgIpc) is 2.68. The van der Waals surface area contributed by atoms with Gasteiger partial charge in [0.05, 0.1) is 6.33 Å². The molecule has 0 atom stereocenters. The van der Waals surface area contributed by atoms with Gasteiger partial charge in [0.25, 0.3) is 5.56 Å². The highest BCUT2D eigenvalue weighted by Gasteiger charge is 2.12. The minimum atomic E-state index is -0.212. The van der Waals surface area contributed by atoms with Crippen LogP contribution < -0.4 is 5.56 Å². The zero-order valence-corrected chi connectivity index (χ0v) is 10.3. The van der Waals surface area contributed by atoms with E-state index < -0.39 is 0 Å². The molecule has 0 radical (unpaired) electrons. The van der Waals surface area contributed by atoms with Crippen LogP contribution in [0.25, 0.3) is 16.9 Å². The molecule has 18 heavy (non-hydrogen) atoms. The van der Waals surface area contributed by atoms with Gasteiger partial charge in [-0.15, -0.1) is 0 Å². The van der Waals surface area contributed by atoms with E-state index in [1.165, 1.54) is 6.33 Å². The van der Waals surface area contributed by atoms with Gasteiger partial charge in [0.2, 0.25) is 0 Å². The second-order valence-corrected chi connectivity index (χ2v) is 4.31. The molecule has 6 heteroatoms. The Balaban J connectivity index is 2.38. The van der Waals surface area contributed by atoms with Crippen LogP contribution in [0.2, 0.25) is 5.02 Å². The molecule has 1 aromatic carbocycles. The number of nitrogens with one attached hydrogen (secondary N) is 1. The van der Waals surface area contributed by atoms with Crippen LogP contribution in [0, 0.1) is 6.92 Å². The second kappa shape index (κ2) is 3.96. The van der Waals surface area contributed by atoms with Crippen LogP contribution in [-0.4, -0.2) is 19.5 Å². The average molecular weight is 261 g/mol. The first kappa shape index (κ1) is 11.0. The number of aromatic amines is 1. The molecule has 5 nitrogen and oxygen atoms in total. The number of halogens is 1. The third kappa shape index (κ3) is 1.60. The van der Waals surface area contributed by atoms with Crippen molar-refractivity contribution in [3.8, 4) is 5.69 Å². The Hall–Kier alpha value is -2.14. The van der Waals surface area contributed by atoms with Gasteiger partial charge in [0.1, 0.15) is 5.82 Å². The fourth-order valence-electron chi connectivity index (χ4n) is 1.94. The first-order valence-electron chi connectivity index (χ1n) is 5.35. The van der Waals surface area contributed by atoms with Crippen molar-refractivity contribution in [2.45, 2.75) is 6.92 Å². The SMILES string of the molecule is Cc1nc2nc[nH]c(=O)c2n1-c1ccc(Cl)cc1. The van der Waals surface area contributed by atoms with Gasteiger partial charge in [-0.3, -0.25) is 9.36 Å². The van der Waals surface area contributed by atoms with E-state index >= 15 is 0 Å². The summed E-state index contributed by atoms with van der Waals surface area (Å²) >= 11 is 5.86. The molecule has 2 heterocycles. The van der Waals surface area contributed by atoms with Gasteiger partial charge in [0, 0.05) is 10.7 Å². The largest absolute Gasteiger partial charge is 0.311 e. The summed E-state index contributed by atoms with van der Waals surface area (Å²) in [6.45, 7) is 1.83. The number of hydrogen-bond donors (Lipinski definition) is 1. The van der Waals surface area contributed by atoms with E-state index in [9.17, 15) is 4.79 Å². The fraction of sp³-hybridized carbons (Fsp3) is 0.0833. The standard InChI is InChI=1S/C12H9ClN4O/c1-7-16-11-10(12(18)15-6-14-11)17(7)9-4-2-8(13)3-5-9/h2-6H,1H3,(H,14,15,18). The quantitative estimate of drug-likeness (QED) is 0.728. The lowest BCUT2D eigenvalue weighted by Crippen LogP contribution is -2.10. The molecule has 90 valence electrons. The van der Waals surface area contributed by atoms with Crippen LogP contribution in [0.3, 0.4) is 0 Å². The molecule has 1 N–H and O–H groups in total. The third-order valence-electron chi connectivity index (χ3n) is 2.71. The first-order chi connectivity index (χ1) is 8.66. The summed E-state index contributed by atoms with van der Waals surface area (Å²) in [5.41, 5.74) is 1.50. The highest BCUT2D eigenvalue weighted by atomic mass is 35.5. The maximum atomic E-state index is 11.9. The number of aromatic nitrogens is 4. The number of H-pyrrole nitrogens is 1. The lowest BCUT2D eigenvalue weighted by molar-refractivity contribution is 0.994. The van der Waals surface area contributed by atoms with Crippen LogP contribution in [-0.2, 0) is 0 Å². The van der Waals surface area contributed by atoms with Gasteiger partial charge in [-0.2, -0.15) is 0 Å². The van der Waals surface area contributed by atoms with Crippen molar-refractivity contribution in [2.75, 3.05) is 0 Å². The maximum absolute atomic E-state index is 11.9. The number of imidazole rings is 1. The lowest BCUT2D eigenvalue weighted by atomic mass is 10.3. The maximum Gasteiger partial charge on any atom is 0.277 e. The van der Waals surface area contributed by atoms with Crippen LogP contribution >= 0.6 is 11.6 Å². The molecular weight excluding hydrogens is 252 g/mol. The van der Waals surface area contributed by atoms with Crippen molar-refractivity contribution in [3.05, 3.63) is 51.8 Å². The van der Waals surface area contributed by atoms with Crippen molar-refractivity contribution in [1.82, 2.24) is 19.5 Å². The van der Waals surface area contributed by atoms with Crippen molar-refractivity contribution < 1.29 is 0 Å². The van der Waals surface area contributed by atoms with Gasteiger partial charge in [0.15, 0.2) is 11.2 Å². The molecule has 0 aliphatic carbocycles. The molecule has 0 unspecified atom stereocenters. The summed E-state index contributed by atoms with van der Waals surface area (Å²) in [5, 5.41) is 0.646. The summed E-state index contributed by atoms with van der Waals surface area (Å²) in [6.07, 6.45) is 1.35. The van der Waals surface area contributed by atoms with E-state index in [-0.39, 0.29) is 5.56 Å². The van der Waals surface area contributed by atoms with Crippen molar-refractivity contribution in [1.29, 1.82) is 0 Å². The number of rotatable bonds is 1. The number of aryl methyl sites for hydroxylation is 1. The summed E-state index contributed by atoms with van der Waals surface area (Å²) in [7, 11) is 0. The van der Waals surface area contributed by atoms with Crippen LogP contribution in [0.4, 0.5) is 0 Å². The van der Waals surface area contributed by atoms with Crippen molar-refractivity contribution >= 4 is 22.8 Å². The zero-order valence-electron chi connectivity index (χ0n) is 9.51. The van der Waals surface area contributed by atoms with Crippen LogP contribution in [0.15, 0.2) is 35.4 Å². The topological polar surface area (TPSA) is 63.6 Å². The molecule has 0 aliphatic heterocycles. The Labute approximate surface area is 107 Å². The van der Waals surface area contributed by atoms with Crippen LogP contribution in [0.5, 0.6) is 0 Å². The molecule has 3 rings (SSSR count). The number of benzene rings is 1. The summed E-state index contributed by atoms with van der Waals surface area (Å²) in [6, 6.07) is 7.21. The predicted octanol–water partition coefficient (Wildman–Crippen LogP) is 2.07. The van der Waals surface area contributed by atoms with Crippen molar-refractivity contribution in [2.24, 2.45) is 0 Å². The van der Waals surface area contributed by atoms with E-state index in [4.69, 9.17) is 11.6 Å². The molecule has 0 saturated heterocycles. The molecule has 0 aliphatic rings. The van der Waals surface area contributed by atoms with E-state index in [1.54, 1.807) is 16.7 Å². The number of hydrogen-bond acceptors (Lipinski definition) is 3. The summed E-state index contributed by atoms with van der Waals surface area (Å²) in [4.78, 5) is 22.8. The summed E-state index contributed by atoms with van der Waals surface area (Å²) in [5.74, 6) is 0.705. The Kier molecular flexibility index (Phi) is 2.41. The van der Waals surface area contributed by atoms with Gasteiger partial charge in [-0.1, -0.05) is 11.6 Å². The molecule has 0 amide bonds. The minimum absolute atomic E-state index is 0.212. The van der Waals surface area contributed by atoms with Crippen LogP contribution in [0.1, 0.15) is 5.82 Å². The Bertz CT molecular complexity index is 773. The lowest BCUT2D eigenvalue weighted by Gasteiger charge is -2.05. The molecule has 0 saturated carbocycles. The highest BCUT2D eigenvalue weighted by Crippen LogP contribution is 2.18. The second-order valence-electron chi connectivity index (χ2n) is 3.87. The van der Waals surface area contributed by atoms with Gasteiger partial charge in [-0.05, 0) is 31.2 Å². The fourth-order valence-corrected chi connectivity index (χ4v) is 2.06. The number of fused-ring (bicyclic) bond motifs is 1. The number of nitrogens with zero attached hydrogens (tertiary/aromatic N) is 3. The Morgan fingerprint density at radius 1 is 1.28 bits per heavy atom. The molecule has 0 fully saturated rings. The highest BCUT2D eigenvalue weighted by molar-refractivity contribution is 6.30. The van der Waals surface area contributed by atoms with E-state index in [0.29, 0.717) is 22.0 Å². The van der Waals surface area contributed by atoms with Gasteiger partial charge >= 0.3 is 0 Å².